The van der Waals surface area contributed by atoms with Crippen LogP contribution in [0.25, 0.3) is 0 Å². The Bertz CT molecular complexity index is 443. The van der Waals surface area contributed by atoms with E-state index in [0.717, 1.165) is 18.7 Å². The zero-order valence-electron chi connectivity index (χ0n) is 12.1. The second kappa shape index (κ2) is 7.10. The minimum Gasteiger partial charge on any atom is -0.329 e. The first-order chi connectivity index (χ1) is 9.52. The van der Waals surface area contributed by atoms with Crippen molar-refractivity contribution in [1.29, 1.82) is 0 Å². The molecule has 1 aliphatic heterocycles. The molecule has 0 radical (unpaired) electrons. The lowest BCUT2D eigenvalue weighted by Crippen LogP contribution is -2.45. The van der Waals surface area contributed by atoms with Gasteiger partial charge in [-0.15, -0.1) is 0 Å². The van der Waals surface area contributed by atoms with Gasteiger partial charge in [0, 0.05) is 31.7 Å². The molecule has 0 aliphatic carbocycles. The molecule has 2 N–H and O–H groups in total. The Hall–Kier alpha value is -0.320. The van der Waals surface area contributed by atoms with Crippen molar-refractivity contribution in [2.24, 2.45) is 5.73 Å². The second-order valence-corrected chi connectivity index (χ2v) is 6.47. The monoisotopic (exact) mass is 315 g/mol. The maximum atomic E-state index is 6.12. The molecular weight excluding hydrogens is 293 g/mol. The van der Waals surface area contributed by atoms with Crippen molar-refractivity contribution in [2.45, 2.75) is 24.9 Å². The summed E-state index contributed by atoms with van der Waals surface area (Å²) >= 11 is 12.1. The number of nitrogens with zero attached hydrogens (tertiary/aromatic N) is 2. The Morgan fingerprint density at radius 1 is 1.25 bits per heavy atom. The van der Waals surface area contributed by atoms with E-state index in [-0.39, 0.29) is 6.04 Å². The van der Waals surface area contributed by atoms with Gasteiger partial charge in [-0.05, 0) is 44.6 Å². The number of hydrogen-bond acceptors (Lipinski definition) is 3. The van der Waals surface area contributed by atoms with Gasteiger partial charge in [0.15, 0.2) is 0 Å². The fourth-order valence-electron chi connectivity index (χ4n) is 2.93. The van der Waals surface area contributed by atoms with Crippen LogP contribution in [0.5, 0.6) is 0 Å². The molecule has 0 saturated carbocycles. The highest BCUT2D eigenvalue weighted by Gasteiger charge is 2.26. The van der Waals surface area contributed by atoms with Crippen molar-refractivity contribution in [2.75, 3.05) is 33.7 Å². The van der Waals surface area contributed by atoms with Crippen LogP contribution in [-0.4, -0.2) is 49.6 Å². The van der Waals surface area contributed by atoms with Crippen LogP contribution in [0.4, 0.5) is 0 Å². The van der Waals surface area contributed by atoms with Gasteiger partial charge in [-0.3, -0.25) is 4.90 Å². The van der Waals surface area contributed by atoms with Crippen molar-refractivity contribution in [3.05, 3.63) is 33.8 Å². The summed E-state index contributed by atoms with van der Waals surface area (Å²) < 4.78 is 0. The van der Waals surface area contributed by atoms with Gasteiger partial charge in [-0.25, -0.2) is 0 Å². The van der Waals surface area contributed by atoms with E-state index in [0.29, 0.717) is 22.6 Å². The van der Waals surface area contributed by atoms with Gasteiger partial charge in [0.1, 0.15) is 0 Å². The van der Waals surface area contributed by atoms with Crippen molar-refractivity contribution in [3.63, 3.8) is 0 Å². The third-order valence-electron chi connectivity index (χ3n) is 4.22. The molecule has 1 fully saturated rings. The Balaban J connectivity index is 2.07. The highest BCUT2D eigenvalue weighted by molar-refractivity contribution is 6.42. The predicted molar refractivity (Wildman–Crippen MR) is 86.5 cm³/mol. The minimum atomic E-state index is 0.230. The van der Waals surface area contributed by atoms with E-state index >= 15 is 0 Å². The molecule has 2 rings (SSSR count). The average Bonchev–Trinajstić information content (AvgIpc) is 2.44. The van der Waals surface area contributed by atoms with Crippen LogP contribution in [-0.2, 0) is 0 Å². The molecular formula is C15H23Cl2N3. The van der Waals surface area contributed by atoms with E-state index in [1.54, 1.807) is 0 Å². The van der Waals surface area contributed by atoms with Gasteiger partial charge < -0.3 is 10.6 Å². The normalized spacial score (nSPS) is 19.5. The van der Waals surface area contributed by atoms with Crippen LogP contribution in [0.15, 0.2) is 18.2 Å². The van der Waals surface area contributed by atoms with Gasteiger partial charge in [0.2, 0.25) is 0 Å². The molecule has 3 nitrogen and oxygen atoms in total. The molecule has 1 saturated heterocycles. The van der Waals surface area contributed by atoms with Crippen molar-refractivity contribution in [1.82, 2.24) is 9.80 Å². The van der Waals surface area contributed by atoms with Crippen molar-refractivity contribution >= 4 is 23.2 Å². The van der Waals surface area contributed by atoms with Crippen LogP contribution in [0, 0.1) is 0 Å². The van der Waals surface area contributed by atoms with E-state index in [1.165, 1.54) is 12.8 Å². The fraction of sp³-hybridized carbons (Fsp3) is 0.600. The Labute approximate surface area is 131 Å². The third-order valence-corrected chi connectivity index (χ3v) is 4.96. The van der Waals surface area contributed by atoms with Crippen LogP contribution in [0.1, 0.15) is 24.4 Å². The number of piperidine rings is 1. The maximum Gasteiger partial charge on any atom is 0.0595 e. The van der Waals surface area contributed by atoms with E-state index in [4.69, 9.17) is 28.9 Å². The number of benzene rings is 1. The first kappa shape index (κ1) is 16.1. The Kier molecular flexibility index (Phi) is 5.70. The Morgan fingerprint density at radius 2 is 1.90 bits per heavy atom. The van der Waals surface area contributed by atoms with E-state index < -0.39 is 0 Å². The summed E-state index contributed by atoms with van der Waals surface area (Å²) in [5.41, 5.74) is 7.15. The van der Waals surface area contributed by atoms with E-state index in [9.17, 15) is 0 Å². The second-order valence-electron chi connectivity index (χ2n) is 5.66. The largest absolute Gasteiger partial charge is 0.329 e. The number of likely N-dealkylation sites (tertiary alicyclic amines) is 1. The highest BCUT2D eigenvalue weighted by Crippen LogP contribution is 2.29. The SMILES string of the molecule is CN(C)C1CCN(C(CN)c2ccc(Cl)c(Cl)c2)CC1. The molecule has 1 aliphatic rings. The summed E-state index contributed by atoms with van der Waals surface area (Å²) in [7, 11) is 4.30. The summed E-state index contributed by atoms with van der Waals surface area (Å²) in [5, 5.41) is 1.20. The van der Waals surface area contributed by atoms with Gasteiger partial charge in [-0.2, -0.15) is 0 Å². The van der Waals surface area contributed by atoms with E-state index in [1.807, 2.05) is 18.2 Å². The maximum absolute atomic E-state index is 6.12. The number of nitrogens with two attached hydrogens (primary N) is 1. The molecule has 1 aromatic rings. The summed E-state index contributed by atoms with van der Waals surface area (Å²) in [6.45, 7) is 2.75. The molecule has 5 heteroatoms. The van der Waals surface area contributed by atoms with Gasteiger partial charge >= 0.3 is 0 Å². The molecule has 0 spiro atoms. The number of halogens is 2. The quantitative estimate of drug-likeness (QED) is 0.927. The smallest absolute Gasteiger partial charge is 0.0595 e. The van der Waals surface area contributed by atoms with Crippen LogP contribution < -0.4 is 5.73 Å². The molecule has 112 valence electrons. The van der Waals surface area contributed by atoms with Crippen LogP contribution in [0.2, 0.25) is 10.0 Å². The lowest BCUT2D eigenvalue weighted by Gasteiger charge is -2.39. The summed E-state index contributed by atoms with van der Waals surface area (Å²) in [6.07, 6.45) is 2.37. The Morgan fingerprint density at radius 3 is 2.40 bits per heavy atom. The highest BCUT2D eigenvalue weighted by atomic mass is 35.5. The summed E-state index contributed by atoms with van der Waals surface area (Å²) in [5.74, 6) is 0. The van der Waals surface area contributed by atoms with Gasteiger partial charge in [0.25, 0.3) is 0 Å². The molecule has 20 heavy (non-hydrogen) atoms. The molecule has 1 unspecified atom stereocenters. The zero-order chi connectivity index (χ0) is 14.7. The van der Waals surface area contributed by atoms with Crippen LogP contribution >= 0.6 is 23.2 Å². The fourth-order valence-corrected chi connectivity index (χ4v) is 3.24. The summed E-state index contributed by atoms with van der Waals surface area (Å²) in [4.78, 5) is 4.77. The zero-order valence-corrected chi connectivity index (χ0v) is 13.7. The van der Waals surface area contributed by atoms with Gasteiger partial charge in [-0.1, -0.05) is 29.3 Å². The topological polar surface area (TPSA) is 32.5 Å². The molecule has 1 aromatic carbocycles. The molecule has 0 aromatic heterocycles. The van der Waals surface area contributed by atoms with Crippen LogP contribution in [0.3, 0.4) is 0 Å². The third kappa shape index (κ3) is 3.66. The number of hydrogen-bond donors (Lipinski definition) is 1. The lowest BCUT2D eigenvalue weighted by atomic mass is 9.99. The molecule has 0 amide bonds. The van der Waals surface area contributed by atoms with Crippen molar-refractivity contribution in [3.8, 4) is 0 Å². The standard InChI is InChI=1S/C15H23Cl2N3/c1-19(2)12-5-7-20(8-6-12)15(10-18)11-3-4-13(16)14(17)9-11/h3-4,9,12,15H,5-8,10,18H2,1-2H3. The van der Waals surface area contributed by atoms with Gasteiger partial charge in [0.05, 0.1) is 10.0 Å². The average molecular weight is 316 g/mol. The molecule has 0 bridgehead atoms. The summed E-state index contributed by atoms with van der Waals surface area (Å²) in [6, 6.07) is 6.74. The number of rotatable bonds is 4. The minimum absolute atomic E-state index is 0.230. The van der Waals surface area contributed by atoms with Crippen molar-refractivity contribution < 1.29 is 0 Å². The molecule has 1 atom stereocenters. The first-order valence-corrected chi connectivity index (χ1v) is 7.84. The van der Waals surface area contributed by atoms with E-state index in [2.05, 4.69) is 23.9 Å². The first-order valence-electron chi connectivity index (χ1n) is 7.08. The lowest BCUT2D eigenvalue weighted by molar-refractivity contribution is 0.111. The predicted octanol–water partition coefficient (Wildman–Crippen LogP) is 3.02. The molecule has 1 heterocycles.